The van der Waals surface area contributed by atoms with Crippen LogP contribution in [0.3, 0.4) is 0 Å². The summed E-state index contributed by atoms with van der Waals surface area (Å²) in [4.78, 5) is 4.21. The second-order valence-electron chi connectivity index (χ2n) is 7.15. The maximum Gasteiger partial charge on any atom is 0.264 e. The minimum absolute atomic E-state index is 0.0480. The largest absolute Gasteiger partial charge is 0.264 e. The van der Waals surface area contributed by atoms with Gasteiger partial charge in [0.25, 0.3) is 10.0 Å². The first kappa shape index (κ1) is 22.3. The van der Waals surface area contributed by atoms with Crippen molar-refractivity contribution in [2.75, 3.05) is 13.6 Å². The molecule has 32 heavy (non-hydrogen) atoms. The molecule has 1 atom stereocenters. The summed E-state index contributed by atoms with van der Waals surface area (Å²) in [6, 6.07) is 23.4. The lowest BCUT2D eigenvalue weighted by Gasteiger charge is -2.19. The molecule has 0 aromatic heterocycles. The molecule has 0 saturated carbocycles. The van der Waals surface area contributed by atoms with Crippen molar-refractivity contribution in [1.82, 2.24) is 9.73 Å². The lowest BCUT2D eigenvalue weighted by molar-refractivity contribution is 0.462. The molecule has 0 bridgehead atoms. The molecule has 0 radical (unpaired) electrons. The quantitative estimate of drug-likeness (QED) is 0.426. The van der Waals surface area contributed by atoms with E-state index in [1.165, 1.54) is 19.2 Å². The summed E-state index contributed by atoms with van der Waals surface area (Å²) in [6.45, 7) is 0.423. The van der Waals surface area contributed by atoms with E-state index in [1.54, 1.807) is 29.3 Å². The molecule has 3 aromatic rings. The predicted octanol–water partition coefficient (Wildman–Crippen LogP) is 4.76. The summed E-state index contributed by atoms with van der Waals surface area (Å²) in [5, 5.41) is 7.27. The number of halogens is 2. The Labute approximate surface area is 197 Å². The van der Waals surface area contributed by atoms with Gasteiger partial charge >= 0.3 is 0 Å². The number of hydrazone groups is 1. The van der Waals surface area contributed by atoms with Crippen molar-refractivity contribution in [3.05, 3.63) is 100 Å². The Morgan fingerprint density at radius 2 is 1.72 bits per heavy atom. The maximum atomic E-state index is 12.9. The van der Waals surface area contributed by atoms with Crippen LogP contribution >= 0.6 is 23.2 Å². The Morgan fingerprint density at radius 1 is 1.00 bits per heavy atom. The molecule has 1 heterocycles. The fourth-order valence-electron chi connectivity index (χ4n) is 3.49. The number of hydrogen-bond donors (Lipinski definition) is 1. The molecule has 1 aliphatic heterocycles. The highest BCUT2D eigenvalue weighted by atomic mass is 35.5. The average Bonchev–Trinajstić information content (AvgIpc) is 3.24. The topological polar surface area (TPSA) is 74.1 Å². The molecule has 9 heteroatoms. The summed E-state index contributed by atoms with van der Waals surface area (Å²) >= 11 is 12.0. The smallest absolute Gasteiger partial charge is 0.254 e. The van der Waals surface area contributed by atoms with E-state index in [1.807, 2.05) is 42.5 Å². The number of nitrogens with zero attached hydrogens (tertiary/aromatic N) is 3. The highest BCUT2D eigenvalue weighted by molar-refractivity contribution is 7.90. The van der Waals surface area contributed by atoms with Gasteiger partial charge in [0.15, 0.2) is 0 Å². The Bertz CT molecular complexity index is 1280. The van der Waals surface area contributed by atoms with Crippen molar-refractivity contribution in [3.8, 4) is 0 Å². The van der Waals surface area contributed by atoms with Gasteiger partial charge in [-0.15, -0.1) is 0 Å². The van der Waals surface area contributed by atoms with Gasteiger partial charge in [0.2, 0.25) is 5.96 Å². The Morgan fingerprint density at radius 3 is 2.38 bits per heavy atom. The summed E-state index contributed by atoms with van der Waals surface area (Å²) in [5.41, 5.74) is 2.77. The molecule has 3 aromatic carbocycles. The zero-order valence-corrected chi connectivity index (χ0v) is 19.4. The fourth-order valence-corrected chi connectivity index (χ4v) is 4.96. The maximum absolute atomic E-state index is 12.9. The standard InChI is InChI=1S/C23H20Cl2N4O2S/c1-26-23(28-32(30,31)20-9-5-8-19(25)14-20)29-15-21(16-6-3-2-4-7-16)22(27-29)17-10-12-18(24)13-11-17/h2-14,21H,15H2,1H3,(H,26,28). The Hall–Kier alpha value is -2.87. The molecular formula is C23H20Cl2N4O2S. The van der Waals surface area contributed by atoms with Gasteiger partial charge in [-0.05, 0) is 41.5 Å². The molecule has 1 N–H and O–H groups in total. The third-order valence-corrected chi connectivity index (χ3v) is 6.86. The summed E-state index contributed by atoms with van der Waals surface area (Å²) in [6.07, 6.45) is 0. The molecule has 0 spiro atoms. The number of nitrogens with one attached hydrogen (secondary N) is 1. The minimum Gasteiger partial charge on any atom is -0.254 e. The number of benzene rings is 3. The summed E-state index contributed by atoms with van der Waals surface area (Å²) in [5.74, 6) is 0.0414. The van der Waals surface area contributed by atoms with Gasteiger partial charge in [-0.25, -0.2) is 18.1 Å². The van der Waals surface area contributed by atoms with Gasteiger partial charge in [-0.2, -0.15) is 5.10 Å². The highest BCUT2D eigenvalue weighted by Gasteiger charge is 2.32. The average molecular weight is 487 g/mol. The molecule has 0 saturated heterocycles. The van der Waals surface area contributed by atoms with Crippen LogP contribution in [-0.2, 0) is 10.0 Å². The lowest BCUT2D eigenvalue weighted by Crippen LogP contribution is -2.41. The van der Waals surface area contributed by atoms with Crippen LogP contribution in [0.25, 0.3) is 0 Å². The van der Waals surface area contributed by atoms with Crippen molar-refractivity contribution in [2.24, 2.45) is 10.1 Å². The minimum atomic E-state index is -3.89. The lowest BCUT2D eigenvalue weighted by atomic mass is 9.91. The second kappa shape index (κ2) is 9.32. The summed E-state index contributed by atoms with van der Waals surface area (Å²) < 4.78 is 28.4. The van der Waals surface area contributed by atoms with Crippen LogP contribution in [0, 0.1) is 0 Å². The molecule has 1 aliphatic rings. The van der Waals surface area contributed by atoms with E-state index in [2.05, 4.69) is 9.71 Å². The van der Waals surface area contributed by atoms with E-state index in [4.69, 9.17) is 28.3 Å². The first-order chi connectivity index (χ1) is 15.4. The predicted molar refractivity (Wildman–Crippen MR) is 129 cm³/mol. The highest BCUT2D eigenvalue weighted by Crippen LogP contribution is 2.29. The number of guanidine groups is 1. The van der Waals surface area contributed by atoms with Crippen molar-refractivity contribution >= 4 is 44.9 Å². The number of rotatable bonds is 4. The molecule has 4 rings (SSSR count). The monoisotopic (exact) mass is 486 g/mol. The van der Waals surface area contributed by atoms with E-state index in [0.29, 0.717) is 16.6 Å². The van der Waals surface area contributed by atoms with Crippen LogP contribution in [0.15, 0.2) is 93.9 Å². The van der Waals surface area contributed by atoms with Crippen LogP contribution in [0.1, 0.15) is 17.0 Å². The van der Waals surface area contributed by atoms with Crippen LogP contribution in [-0.4, -0.2) is 38.7 Å². The van der Waals surface area contributed by atoms with Crippen LogP contribution in [0.2, 0.25) is 10.0 Å². The zero-order valence-electron chi connectivity index (χ0n) is 17.1. The van der Waals surface area contributed by atoms with Gasteiger partial charge in [0, 0.05) is 23.0 Å². The van der Waals surface area contributed by atoms with Gasteiger partial charge in [-0.1, -0.05) is 71.7 Å². The molecule has 0 amide bonds. The SMILES string of the molecule is CN=C(NS(=O)(=O)c1cccc(Cl)c1)N1CC(c2ccccc2)C(c2ccc(Cl)cc2)=N1. The van der Waals surface area contributed by atoms with Crippen molar-refractivity contribution in [2.45, 2.75) is 10.8 Å². The Balaban J connectivity index is 1.68. The third-order valence-electron chi connectivity index (χ3n) is 5.04. The molecule has 0 fully saturated rings. The van der Waals surface area contributed by atoms with Crippen LogP contribution < -0.4 is 4.72 Å². The second-order valence-corrected chi connectivity index (χ2v) is 9.70. The van der Waals surface area contributed by atoms with E-state index < -0.39 is 10.0 Å². The van der Waals surface area contributed by atoms with Gasteiger partial charge in [-0.3, -0.25) is 4.99 Å². The first-order valence-corrected chi connectivity index (χ1v) is 12.0. The van der Waals surface area contributed by atoms with Crippen molar-refractivity contribution in [3.63, 3.8) is 0 Å². The van der Waals surface area contributed by atoms with E-state index >= 15 is 0 Å². The third kappa shape index (κ3) is 4.80. The van der Waals surface area contributed by atoms with E-state index in [-0.39, 0.29) is 16.8 Å². The normalized spacial score (nSPS) is 16.7. The number of sulfonamides is 1. The van der Waals surface area contributed by atoms with Crippen LogP contribution in [0.4, 0.5) is 0 Å². The van der Waals surface area contributed by atoms with Gasteiger partial charge in [0.05, 0.1) is 17.2 Å². The number of hydrogen-bond acceptors (Lipinski definition) is 4. The molecular weight excluding hydrogens is 467 g/mol. The van der Waals surface area contributed by atoms with E-state index in [9.17, 15) is 8.42 Å². The van der Waals surface area contributed by atoms with Crippen LogP contribution in [0.5, 0.6) is 0 Å². The Kier molecular flexibility index (Phi) is 6.50. The summed E-state index contributed by atoms with van der Waals surface area (Å²) in [7, 11) is -2.38. The van der Waals surface area contributed by atoms with E-state index in [0.717, 1.165) is 16.8 Å². The molecule has 164 valence electrons. The van der Waals surface area contributed by atoms with Crippen molar-refractivity contribution in [1.29, 1.82) is 0 Å². The first-order valence-electron chi connectivity index (χ1n) is 9.79. The molecule has 0 aliphatic carbocycles. The molecule has 1 unspecified atom stereocenters. The van der Waals surface area contributed by atoms with Gasteiger partial charge in [0.1, 0.15) is 0 Å². The zero-order chi connectivity index (χ0) is 22.7. The van der Waals surface area contributed by atoms with Gasteiger partial charge < -0.3 is 0 Å². The number of aliphatic imine (C=N–C) groups is 1. The molecule has 6 nitrogen and oxygen atoms in total. The van der Waals surface area contributed by atoms with Crippen molar-refractivity contribution < 1.29 is 8.42 Å². The fraction of sp³-hybridized carbons (Fsp3) is 0.130.